The zero-order valence-corrected chi connectivity index (χ0v) is 7.18. The van der Waals surface area contributed by atoms with Crippen molar-refractivity contribution in [1.82, 2.24) is 0 Å². The van der Waals surface area contributed by atoms with Crippen molar-refractivity contribution >= 4 is 5.78 Å². The summed E-state index contributed by atoms with van der Waals surface area (Å²) < 4.78 is 0. The molecule has 1 heteroatoms. The highest BCUT2D eigenvalue weighted by atomic mass is 16.1. The van der Waals surface area contributed by atoms with E-state index in [0.29, 0.717) is 18.1 Å². The molecule has 0 bridgehead atoms. The van der Waals surface area contributed by atoms with Gasteiger partial charge < -0.3 is 0 Å². The molecule has 1 rings (SSSR count). The molecule has 1 fully saturated rings. The van der Waals surface area contributed by atoms with Crippen LogP contribution in [0, 0.1) is 23.7 Å². The van der Waals surface area contributed by atoms with Gasteiger partial charge in [0.1, 0.15) is 5.78 Å². The molecule has 0 saturated heterocycles. The lowest BCUT2D eigenvalue weighted by molar-refractivity contribution is -0.123. The molecule has 0 spiro atoms. The Labute approximate surface area is 68.2 Å². The Morgan fingerprint density at radius 3 is 2.82 bits per heavy atom. The topological polar surface area (TPSA) is 17.1 Å². The fourth-order valence-corrected chi connectivity index (χ4v) is 1.92. The van der Waals surface area contributed by atoms with E-state index in [0.717, 1.165) is 12.8 Å². The monoisotopic (exact) mass is 150 g/mol. The molecular formula is C10H14O. The zero-order chi connectivity index (χ0) is 8.48. The molecule has 0 N–H and O–H groups in total. The number of rotatable bonds is 0. The third kappa shape index (κ3) is 1.83. The van der Waals surface area contributed by atoms with Crippen LogP contribution in [0.2, 0.25) is 0 Å². The van der Waals surface area contributed by atoms with Gasteiger partial charge in [0.15, 0.2) is 0 Å². The van der Waals surface area contributed by atoms with Crippen LogP contribution in [0.5, 0.6) is 0 Å². The van der Waals surface area contributed by atoms with E-state index in [1.165, 1.54) is 0 Å². The number of carbonyl (C=O) groups is 1. The second kappa shape index (κ2) is 2.70. The summed E-state index contributed by atoms with van der Waals surface area (Å²) in [6, 6.07) is 0. The summed E-state index contributed by atoms with van der Waals surface area (Å²) >= 11 is 0. The second-order valence-corrected chi connectivity index (χ2v) is 3.93. The molecule has 0 radical (unpaired) electrons. The molecule has 60 valence electrons. The maximum Gasteiger partial charge on any atom is 0.134 e. The number of carbonyl (C=O) groups excluding carboxylic acids is 1. The van der Waals surface area contributed by atoms with Crippen LogP contribution in [0.15, 0.2) is 0 Å². The van der Waals surface area contributed by atoms with Gasteiger partial charge in [0.25, 0.3) is 0 Å². The summed E-state index contributed by atoms with van der Waals surface area (Å²) in [5.41, 5.74) is -0.158. The summed E-state index contributed by atoms with van der Waals surface area (Å²) in [6.07, 6.45) is 7.65. The summed E-state index contributed by atoms with van der Waals surface area (Å²) in [5, 5.41) is 0. The SMILES string of the molecule is C#CC1(C)CC(=O)CC(C)C1. The minimum Gasteiger partial charge on any atom is -0.300 e. The van der Waals surface area contributed by atoms with Crippen molar-refractivity contribution < 1.29 is 4.79 Å². The highest BCUT2D eigenvalue weighted by Crippen LogP contribution is 2.36. The molecule has 0 aromatic carbocycles. The highest BCUT2D eigenvalue weighted by molar-refractivity contribution is 5.80. The van der Waals surface area contributed by atoms with Gasteiger partial charge in [-0.2, -0.15) is 0 Å². The Balaban J connectivity index is 2.72. The molecule has 0 aromatic heterocycles. The molecule has 11 heavy (non-hydrogen) atoms. The van der Waals surface area contributed by atoms with Gasteiger partial charge >= 0.3 is 0 Å². The number of Topliss-reactive ketones (excluding diaryl/α,β-unsaturated/α-hetero) is 1. The van der Waals surface area contributed by atoms with E-state index < -0.39 is 0 Å². The van der Waals surface area contributed by atoms with Gasteiger partial charge in [-0.05, 0) is 19.3 Å². The van der Waals surface area contributed by atoms with Crippen LogP contribution < -0.4 is 0 Å². The smallest absolute Gasteiger partial charge is 0.134 e. The number of hydrogen-bond donors (Lipinski definition) is 0. The number of ketones is 1. The first-order valence-corrected chi connectivity index (χ1v) is 4.05. The summed E-state index contributed by atoms with van der Waals surface area (Å²) in [4.78, 5) is 11.2. The Hall–Kier alpha value is -0.770. The summed E-state index contributed by atoms with van der Waals surface area (Å²) in [5.74, 6) is 3.51. The third-order valence-electron chi connectivity index (χ3n) is 2.31. The van der Waals surface area contributed by atoms with Gasteiger partial charge in [0, 0.05) is 18.3 Å². The van der Waals surface area contributed by atoms with Gasteiger partial charge in [-0.25, -0.2) is 0 Å². The average Bonchev–Trinajstić information content (AvgIpc) is 1.84. The second-order valence-electron chi connectivity index (χ2n) is 3.93. The van der Waals surface area contributed by atoms with Crippen molar-refractivity contribution in [3.05, 3.63) is 0 Å². The van der Waals surface area contributed by atoms with E-state index in [4.69, 9.17) is 6.42 Å². The summed E-state index contributed by atoms with van der Waals surface area (Å²) in [6.45, 7) is 4.09. The molecule has 1 aliphatic rings. The molecule has 0 amide bonds. The molecule has 1 aliphatic carbocycles. The normalized spacial score (nSPS) is 38.3. The van der Waals surface area contributed by atoms with Crippen molar-refractivity contribution in [3.63, 3.8) is 0 Å². The number of terminal acetylenes is 1. The van der Waals surface area contributed by atoms with E-state index in [9.17, 15) is 4.79 Å². The van der Waals surface area contributed by atoms with E-state index >= 15 is 0 Å². The van der Waals surface area contributed by atoms with Gasteiger partial charge in [-0.1, -0.05) is 12.8 Å². The Kier molecular flexibility index (Phi) is 2.04. The number of hydrogen-bond acceptors (Lipinski definition) is 1. The molecule has 2 atom stereocenters. The minimum atomic E-state index is -0.158. The quantitative estimate of drug-likeness (QED) is 0.483. The zero-order valence-electron chi connectivity index (χ0n) is 7.18. The van der Waals surface area contributed by atoms with Crippen LogP contribution in [0.1, 0.15) is 33.1 Å². The lowest BCUT2D eigenvalue weighted by Crippen LogP contribution is -2.28. The predicted octanol–water partition coefficient (Wildman–Crippen LogP) is 2.01. The molecule has 0 aromatic rings. The van der Waals surface area contributed by atoms with Crippen LogP contribution in [0.4, 0.5) is 0 Å². The van der Waals surface area contributed by atoms with Crippen molar-refractivity contribution in [1.29, 1.82) is 0 Å². The Bertz CT molecular complexity index is 211. The van der Waals surface area contributed by atoms with Crippen molar-refractivity contribution in [2.75, 3.05) is 0 Å². The van der Waals surface area contributed by atoms with Gasteiger partial charge in [-0.15, -0.1) is 6.42 Å². The predicted molar refractivity (Wildman–Crippen MR) is 45.0 cm³/mol. The van der Waals surface area contributed by atoms with Crippen molar-refractivity contribution in [2.45, 2.75) is 33.1 Å². The van der Waals surface area contributed by atoms with Gasteiger partial charge in [0.05, 0.1) is 0 Å². The lowest BCUT2D eigenvalue weighted by atomic mass is 9.71. The van der Waals surface area contributed by atoms with Crippen LogP contribution in [-0.2, 0) is 4.79 Å². The van der Waals surface area contributed by atoms with E-state index in [1.807, 2.05) is 6.92 Å². The average molecular weight is 150 g/mol. The largest absolute Gasteiger partial charge is 0.300 e. The maximum atomic E-state index is 11.2. The van der Waals surface area contributed by atoms with Gasteiger partial charge in [-0.3, -0.25) is 4.79 Å². The molecular weight excluding hydrogens is 136 g/mol. The fourth-order valence-electron chi connectivity index (χ4n) is 1.92. The van der Waals surface area contributed by atoms with Gasteiger partial charge in [0.2, 0.25) is 0 Å². The standard InChI is InChI=1S/C10H14O/c1-4-10(3)6-8(2)5-9(11)7-10/h1,8H,5-7H2,2-3H3. The van der Waals surface area contributed by atoms with Crippen LogP contribution in [-0.4, -0.2) is 5.78 Å². The maximum absolute atomic E-state index is 11.2. The van der Waals surface area contributed by atoms with E-state index in [1.54, 1.807) is 0 Å². The van der Waals surface area contributed by atoms with Crippen molar-refractivity contribution in [3.8, 4) is 12.3 Å². The molecule has 0 aliphatic heterocycles. The first-order chi connectivity index (χ1) is 5.06. The first-order valence-electron chi connectivity index (χ1n) is 4.05. The van der Waals surface area contributed by atoms with Crippen LogP contribution in [0.25, 0.3) is 0 Å². The third-order valence-corrected chi connectivity index (χ3v) is 2.31. The Morgan fingerprint density at radius 2 is 2.36 bits per heavy atom. The molecule has 2 unspecified atom stereocenters. The van der Waals surface area contributed by atoms with Crippen LogP contribution >= 0.6 is 0 Å². The van der Waals surface area contributed by atoms with Crippen molar-refractivity contribution in [2.24, 2.45) is 11.3 Å². The van der Waals surface area contributed by atoms with Crippen LogP contribution in [0.3, 0.4) is 0 Å². The molecule has 0 heterocycles. The van der Waals surface area contributed by atoms with E-state index in [2.05, 4.69) is 12.8 Å². The van der Waals surface area contributed by atoms with E-state index in [-0.39, 0.29) is 5.41 Å². The lowest BCUT2D eigenvalue weighted by Gasteiger charge is -2.31. The minimum absolute atomic E-state index is 0.158. The first kappa shape index (κ1) is 8.33. The Morgan fingerprint density at radius 1 is 1.73 bits per heavy atom. The molecule has 1 nitrogen and oxygen atoms in total. The fraction of sp³-hybridized carbons (Fsp3) is 0.700. The highest BCUT2D eigenvalue weighted by Gasteiger charge is 2.32. The molecule has 1 saturated carbocycles. The summed E-state index contributed by atoms with van der Waals surface area (Å²) in [7, 11) is 0.